The summed E-state index contributed by atoms with van der Waals surface area (Å²) < 4.78 is 70.8. The number of hydrogen-bond donors (Lipinski definition) is 3. The molecule has 0 heterocycles. The van der Waals surface area contributed by atoms with E-state index in [1.165, 1.54) is 24.3 Å². The second-order valence-electron chi connectivity index (χ2n) is 8.14. The van der Waals surface area contributed by atoms with Crippen molar-refractivity contribution in [2.24, 2.45) is 5.92 Å². The number of hydrogen-bond acceptors (Lipinski definition) is 8. The van der Waals surface area contributed by atoms with Crippen LogP contribution in [-0.4, -0.2) is 43.9 Å². The molecule has 0 fully saturated rings. The summed E-state index contributed by atoms with van der Waals surface area (Å²) >= 11 is 0. The fraction of sp³-hybridized carbons (Fsp3) is 0.273. The average molecular weight is 570 g/mol. The van der Waals surface area contributed by atoms with Gasteiger partial charge in [-0.15, -0.1) is 0 Å². The SMILES string of the molecule is CC(C)NC(=O)Nc1ccc(/C=C/c2ccc(NC(=O)C(C)C)cc2S(=O)(=O)[O-])c(S(=O)(=O)[O-])c1.[Na+].[Na+]. The van der Waals surface area contributed by atoms with Crippen LogP contribution in [0.5, 0.6) is 0 Å². The van der Waals surface area contributed by atoms with E-state index in [0.717, 1.165) is 24.3 Å². The van der Waals surface area contributed by atoms with Crippen molar-refractivity contribution in [1.82, 2.24) is 5.32 Å². The summed E-state index contributed by atoms with van der Waals surface area (Å²) in [5.41, 5.74) is -0.0486. The van der Waals surface area contributed by atoms with Gasteiger partial charge >= 0.3 is 65.1 Å². The first-order valence-electron chi connectivity index (χ1n) is 10.3. The third kappa shape index (κ3) is 11.2. The predicted octanol–water partition coefficient (Wildman–Crippen LogP) is -3.20. The molecule has 37 heavy (non-hydrogen) atoms. The Kier molecular flexibility index (Phi) is 14.3. The zero-order valence-electron chi connectivity index (χ0n) is 21.4. The van der Waals surface area contributed by atoms with Crippen LogP contribution < -0.4 is 75.1 Å². The maximum atomic E-state index is 11.9. The largest absolute Gasteiger partial charge is 1.00 e. The average Bonchev–Trinajstić information content (AvgIpc) is 2.71. The molecule has 190 valence electrons. The van der Waals surface area contributed by atoms with Crippen LogP contribution in [-0.2, 0) is 25.0 Å². The number of carbonyl (C=O) groups excluding carboxylic acids is 2. The fourth-order valence-corrected chi connectivity index (χ4v) is 4.22. The van der Waals surface area contributed by atoms with Crippen LogP contribution >= 0.6 is 0 Å². The monoisotopic (exact) mass is 569 g/mol. The van der Waals surface area contributed by atoms with Crippen LogP contribution in [0, 0.1) is 5.92 Å². The van der Waals surface area contributed by atoms with Gasteiger partial charge in [0.1, 0.15) is 20.2 Å². The summed E-state index contributed by atoms with van der Waals surface area (Å²) in [6, 6.07) is 6.41. The Morgan fingerprint density at radius 2 is 1.16 bits per heavy atom. The van der Waals surface area contributed by atoms with Crippen molar-refractivity contribution in [2.75, 3.05) is 10.6 Å². The van der Waals surface area contributed by atoms with E-state index in [0.29, 0.717) is 0 Å². The van der Waals surface area contributed by atoms with Gasteiger partial charge in [-0.05, 0) is 49.2 Å². The van der Waals surface area contributed by atoms with Crippen molar-refractivity contribution in [3.63, 3.8) is 0 Å². The Morgan fingerprint density at radius 1 is 0.757 bits per heavy atom. The van der Waals surface area contributed by atoms with Gasteiger partial charge in [0.15, 0.2) is 0 Å². The molecule has 11 nitrogen and oxygen atoms in total. The Morgan fingerprint density at radius 3 is 1.51 bits per heavy atom. The molecule has 0 aliphatic carbocycles. The molecule has 0 saturated carbocycles. The second kappa shape index (κ2) is 14.8. The van der Waals surface area contributed by atoms with E-state index in [1.807, 2.05) is 0 Å². The summed E-state index contributed by atoms with van der Waals surface area (Å²) in [5.74, 6) is -0.771. The van der Waals surface area contributed by atoms with E-state index in [1.54, 1.807) is 27.7 Å². The molecule has 15 heteroatoms. The summed E-state index contributed by atoms with van der Waals surface area (Å²) in [4.78, 5) is 22.4. The first-order chi connectivity index (χ1) is 16.1. The topological polar surface area (TPSA) is 185 Å². The van der Waals surface area contributed by atoms with Gasteiger partial charge in [-0.25, -0.2) is 21.6 Å². The molecule has 0 bridgehead atoms. The maximum Gasteiger partial charge on any atom is 1.00 e. The summed E-state index contributed by atoms with van der Waals surface area (Å²) in [5, 5.41) is 7.45. The number of carbonyl (C=O) groups is 2. The van der Waals surface area contributed by atoms with Gasteiger partial charge in [-0.1, -0.05) is 38.1 Å². The van der Waals surface area contributed by atoms with Gasteiger partial charge in [-0.2, -0.15) is 0 Å². The van der Waals surface area contributed by atoms with Crippen LogP contribution in [0.4, 0.5) is 16.2 Å². The van der Waals surface area contributed by atoms with Crippen LogP contribution in [0.15, 0.2) is 46.2 Å². The Hall–Kier alpha value is -1.26. The predicted molar refractivity (Wildman–Crippen MR) is 128 cm³/mol. The molecule has 2 aromatic rings. The molecule has 0 aliphatic heterocycles. The van der Waals surface area contributed by atoms with Gasteiger partial charge in [0.2, 0.25) is 5.91 Å². The van der Waals surface area contributed by atoms with Crippen LogP contribution in [0.25, 0.3) is 12.2 Å². The molecular formula is C22H25N3Na2O8S2. The third-order valence-corrected chi connectivity index (χ3v) is 6.26. The molecule has 0 saturated heterocycles. The smallest absolute Gasteiger partial charge is 0.744 e. The molecule has 0 spiro atoms. The first kappa shape index (κ1) is 35.7. The van der Waals surface area contributed by atoms with Crippen molar-refractivity contribution in [3.05, 3.63) is 47.5 Å². The van der Waals surface area contributed by atoms with Gasteiger partial charge in [0.05, 0.1) is 9.79 Å². The Balaban J connectivity index is 0.00000648. The molecule has 2 rings (SSSR count). The summed E-state index contributed by atoms with van der Waals surface area (Å²) in [6.45, 7) is 6.72. The van der Waals surface area contributed by atoms with E-state index in [-0.39, 0.29) is 99.5 Å². The molecule has 2 aromatic carbocycles. The Labute approximate surface area is 261 Å². The van der Waals surface area contributed by atoms with Crippen molar-refractivity contribution in [2.45, 2.75) is 43.5 Å². The standard InChI is InChI=1S/C22H27N3O8S2.2Na/c1-13(2)21(26)24-17-9-7-15(19(11-17)34(28,29)30)5-6-16-8-10-18(12-20(16)35(31,32)33)25-22(27)23-14(3)4;;/h5-14H,1-4H3,(H,24,26)(H2,23,25,27)(H,28,29,30)(H,31,32,33);;/q;2*+1/p-2/b6-5+;;. The van der Waals surface area contributed by atoms with Crippen molar-refractivity contribution in [1.29, 1.82) is 0 Å². The normalized spacial score (nSPS) is 11.6. The molecule has 0 unspecified atom stereocenters. The molecule has 0 aromatic heterocycles. The Bertz CT molecular complexity index is 1380. The number of anilines is 2. The summed E-state index contributed by atoms with van der Waals surface area (Å²) in [6.07, 6.45) is 2.31. The van der Waals surface area contributed by atoms with Crippen molar-refractivity contribution < 1.29 is 94.6 Å². The summed E-state index contributed by atoms with van der Waals surface area (Å²) in [7, 11) is -9.96. The van der Waals surface area contributed by atoms with Gasteiger partial charge in [0, 0.05) is 23.3 Å². The van der Waals surface area contributed by atoms with E-state index >= 15 is 0 Å². The quantitative estimate of drug-likeness (QED) is 0.169. The van der Waals surface area contributed by atoms with Crippen LogP contribution in [0.2, 0.25) is 0 Å². The van der Waals surface area contributed by atoms with Crippen molar-refractivity contribution in [3.8, 4) is 0 Å². The maximum absolute atomic E-state index is 11.9. The van der Waals surface area contributed by atoms with E-state index < -0.39 is 36.1 Å². The minimum atomic E-state index is -4.99. The van der Waals surface area contributed by atoms with Crippen LogP contribution in [0.1, 0.15) is 38.8 Å². The number of urea groups is 1. The molecule has 3 N–H and O–H groups in total. The molecule has 0 aliphatic rings. The number of nitrogens with one attached hydrogen (secondary N) is 3. The van der Waals surface area contributed by atoms with Gasteiger partial charge in [-0.3, -0.25) is 4.79 Å². The zero-order valence-corrected chi connectivity index (χ0v) is 27.0. The number of amides is 3. The third-order valence-electron chi connectivity index (χ3n) is 4.48. The van der Waals surface area contributed by atoms with Gasteiger partial charge < -0.3 is 25.1 Å². The number of benzene rings is 2. The second-order valence-corrected chi connectivity index (χ2v) is 10.8. The minimum absolute atomic E-state index is 0. The number of rotatable bonds is 8. The minimum Gasteiger partial charge on any atom is -0.744 e. The molecular weight excluding hydrogens is 544 g/mol. The van der Waals surface area contributed by atoms with Gasteiger partial charge in [0.25, 0.3) is 0 Å². The van der Waals surface area contributed by atoms with E-state index in [4.69, 9.17) is 0 Å². The zero-order chi connectivity index (χ0) is 26.6. The van der Waals surface area contributed by atoms with Crippen LogP contribution in [0.3, 0.4) is 0 Å². The fourth-order valence-electron chi connectivity index (χ4n) is 2.83. The molecule has 0 atom stereocenters. The van der Waals surface area contributed by atoms with E-state index in [2.05, 4.69) is 16.0 Å². The molecule has 3 amide bonds. The first-order valence-corrected chi connectivity index (χ1v) is 13.2. The van der Waals surface area contributed by atoms with Crippen molar-refractivity contribution >= 4 is 55.7 Å². The molecule has 0 radical (unpaired) electrons. The van der Waals surface area contributed by atoms with E-state index in [9.17, 15) is 35.5 Å².